The third-order valence-corrected chi connectivity index (χ3v) is 4.54. The highest BCUT2D eigenvalue weighted by molar-refractivity contribution is 5.73. The fourth-order valence-corrected chi connectivity index (χ4v) is 2.80. The molecule has 1 aromatic rings. The van der Waals surface area contributed by atoms with Crippen molar-refractivity contribution in [3.8, 4) is 11.5 Å². The molecule has 3 N–H and O–H groups in total. The molecule has 0 atom stereocenters. The average molecular weight is 336 g/mol. The molecule has 136 valence electrons. The van der Waals surface area contributed by atoms with E-state index in [-0.39, 0.29) is 16.9 Å². The van der Waals surface area contributed by atoms with Crippen molar-refractivity contribution >= 4 is 5.97 Å². The number of hydrogen-bond donors (Lipinski definition) is 3. The van der Waals surface area contributed by atoms with Crippen molar-refractivity contribution in [1.29, 1.82) is 0 Å². The smallest absolute Gasteiger partial charge is 0.309 e. The van der Waals surface area contributed by atoms with Gasteiger partial charge in [-0.05, 0) is 69.4 Å². The molecule has 0 aliphatic heterocycles. The van der Waals surface area contributed by atoms with Crippen molar-refractivity contribution in [3.05, 3.63) is 23.3 Å². The van der Waals surface area contributed by atoms with Gasteiger partial charge in [-0.1, -0.05) is 26.8 Å². The molecule has 0 aliphatic carbocycles. The Kier molecular flexibility index (Phi) is 6.70. The molecule has 4 nitrogen and oxygen atoms in total. The number of rotatable bonds is 8. The van der Waals surface area contributed by atoms with E-state index in [0.717, 1.165) is 30.4 Å². The van der Waals surface area contributed by atoms with Crippen molar-refractivity contribution in [2.75, 3.05) is 0 Å². The van der Waals surface area contributed by atoms with Gasteiger partial charge < -0.3 is 15.3 Å². The van der Waals surface area contributed by atoms with E-state index in [0.29, 0.717) is 19.3 Å². The predicted molar refractivity (Wildman–Crippen MR) is 96.5 cm³/mol. The molecule has 1 aromatic carbocycles. The molecule has 0 amide bonds. The molecule has 0 bridgehead atoms. The van der Waals surface area contributed by atoms with Crippen LogP contribution in [0.1, 0.15) is 71.4 Å². The molecular formula is C20H32O4. The highest BCUT2D eigenvalue weighted by Gasteiger charge is 2.26. The summed E-state index contributed by atoms with van der Waals surface area (Å²) >= 11 is 0. The Morgan fingerprint density at radius 1 is 0.958 bits per heavy atom. The number of carbonyl (C=O) groups is 1. The van der Waals surface area contributed by atoms with Crippen LogP contribution in [-0.2, 0) is 17.6 Å². The van der Waals surface area contributed by atoms with E-state index < -0.39 is 11.4 Å². The quantitative estimate of drug-likeness (QED) is 0.590. The third kappa shape index (κ3) is 6.06. The number of carboxylic acid groups (broad SMARTS) is 1. The second kappa shape index (κ2) is 7.91. The van der Waals surface area contributed by atoms with Gasteiger partial charge in [0.1, 0.15) is 0 Å². The first-order valence-corrected chi connectivity index (χ1v) is 8.70. The Hall–Kier alpha value is -1.71. The first-order valence-electron chi connectivity index (χ1n) is 8.70. The van der Waals surface area contributed by atoms with E-state index in [2.05, 4.69) is 20.8 Å². The summed E-state index contributed by atoms with van der Waals surface area (Å²) in [4.78, 5) is 11.2. The molecule has 0 unspecified atom stereocenters. The number of phenolic OH excluding ortho intramolecular Hbond substituents is 2. The molecule has 1 rings (SSSR count). The maximum atomic E-state index is 11.2. The molecule has 0 aromatic heterocycles. The van der Waals surface area contributed by atoms with Crippen LogP contribution in [0.25, 0.3) is 0 Å². The zero-order valence-electron chi connectivity index (χ0n) is 15.6. The van der Waals surface area contributed by atoms with Crippen LogP contribution < -0.4 is 0 Å². The molecule has 0 aliphatic rings. The van der Waals surface area contributed by atoms with Crippen LogP contribution in [0.15, 0.2) is 12.1 Å². The number of aliphatic carboxylic acids is 1. The number of aromatic hydroxyl groups is 2. The van der Waals surface area contributed by atoms with Gasteiger partial charge in [0, 0.05) is 5.56 Å². The van der Waals surface area contributed by atoms with Crippen LogP contribution >= 0.6 is 0 Å². The number of phenols is 2. The van der Waals surface area contributed by atoms with Crippen LogP contribution in [0.5, 0.6) is 11.5 Å². The monoisotopic (exact) mass is 336 g/mol. The molecular weight excluding hydrogens is 304 g/mol. The summed E-state index contributed by atoms with van der Waals surface area (Å²) in [5, 5.41) is 29.2. The lowest BCUT2D eigenvalue weighted by atomic mass is 9.85. The fraction of sp³-hybridized carbons (Fsp3) is 0.650. The van der Waals surface area contributed by atoms with Gasteiger partial charge >= 0.3 is 5.97 Å². The van der Waals surface area contributed by atoms with Crippen LogP contribution in [-0.4, -0.2) is 21.3 Å². The number of hydrogen-bond acceptors (Lipinski definition) is 3. The Morgan fingerprint density at radius 2 is 1.54 bits per heavy atom. The topological polar surface area (TPSA) is 77.8 Å². The van der Waals surface area contributed by atoms with Gasteiger partial charge in [0.25, 0.3) is 0 Å². The number of benzene rings is 1. The SMILES string of the molecule is CC(C)(C)CCCc1ccc(O)c(O)c1CCCC(C)(C)C(=O)O. The number of carboxylic acids is 1. The summed E-state index contributed by atoms with van der Waals surface area (Å²) in [5.74, 6) is -0.980. The van der Waals surface area contributed by atoms with Gasteiger partial charge in [-0.15, -0.1) is 0 Å². The lowest BCUT2D eigenvalue weighted by molar-refractivity contribution is -0.147. The van der Waals surface area contributed by atoms with Crippen LogP contribution in [0.4, 0.5) is 0 Å². The summed E-state index contributed by atoms with van der Waals surface area (Å²) in [5.41, 5.74) is 1.29. The van der Waals surface area contributed by atoms with Crippen molar-refractivity contribution in [2.24, 2.45) is 10.8 Å². The van der Waals surface area contributed by atoms with Gasteiger partial charge in [0.2, 0.25) is 0 Å². The van der Waals surface area contributed by atoms with E-state index in [1.165, 1.54) is 6.07 Å². The Morgan fingerprint density at radius 3 is 2.08 bits per heavy atom. The van der Waals surface area contributed by atoms with E-state index >= 15 is 0 Å². The molecule has 0 fully saturated rings. The molecule has 0 heterocycles. The minimum atomic E-state index is -0.812. The highest BCUT2D eigenvalue weighted by atomic mass is 16.4. The van der Waals surface area contributed by atoms with Crippen molar-refractivity contribution < 1.29 is 20.1 Å². The Balaban J connectivity index is 2.80. The molecule has 24 heavy (non-hydrogen) atoms. The first-order chi connectivity index (χ1) is 10.9. The average Bonchev–Trinajstić information content (AvgIpc) is 2.44. The molecule has 0 radical (unpaired) electrons. The standard InChI is InChI=1S/C20H32O4/c1-19(2,3)12-6-8-14-10-11-16(21)17(22)15(14)9-7-13-20(4,5)18(23)24/h10-11,21-22H,6-9,12-13H2,1-5H3,(H,23,24). The largest absolute Gasteiger partial charge is 0.504 e. The van der Waals surface area contributed by atoms with Gasteiger partial charge in [-0.3, -0.25) is 4.79 Å². The maximum Gasteiger partial charge on any atom is 0.309 e. The van der Waals surface area contributed by atoms with Crippen molar-refractivity contribution in [1.82, 2.24) is 0 Å². The first kappa shape index (κ1) is 20.3. The summed E-state index contributed by atoms with van der Waals surface area (Å²) in [6, 6.07) is 3.40. The second-order valence-electron chi connectivity index (χ2n) is 8.53. The lowest BCUT2D eigenvalue weighted by Gasteiger charge is -2.20. The Bertz CT molecular complexity index is 568. The zero-order chi connectivity index (χ0) is 18.5. The minimum Gasteiger partial charge on any atom is -0.504 e. The molecule has 0 saturated carbocycles. The highest BCUT2D eigenvalue weighted by Crippen LogP contribution is 2.35. The van der Waals surface area contributed by atoms with E-state index in [9.17, 15) is 20.1 Å². The van der Waals surface area contributed by atoms with E-state index in [4.69, 9.17) is 0 Å². The summed E-state index contributed by atoms with van der Waals surface area (Å²) in [6.07, 6.45) is 4.70. The normalized spacial score (nSPS) is 12.4. The minimum absolute atomic E-state index is 0.0589. The zero-order valence-corrected chi connectivity index (χ0v) is 15.6. The van der Waals surface area contributed by atoms with E-state index in [1.54, 1.807) is 13.8 Å². The summed E-state index contributed by atoms with van der Waals surface area (Å²) in [7, 11) is 0. The van der Waals surface area contributed by atoms with Gasteiger partial charge in [0.05, 0.1) is 5.41 Å². The van der Waals surface area contributed by atoms with Crippen molar-refractivity contribution in [2.45, 2.75) is 73.1 Å². The van der Waals surface area contributed by atoms with Crippen LogP contribution in [0.3, 0.4) is 0 Å². The molecule has 0 spiro atoms. The summed E-state index contributed by atoms with van der Waals surface area (Å²) in [6.45, 7) is 10.0. The number of aryl methyl sites for hydroxylation is 1. The van der Waals surface area contributed by atoms with E-state index in [1.807, 2.05) is 6.07 Å². The van der Waals surface area contributed by atoms with Gasteiger partial charge in [-0.25, -0.2) is 0 Å². The lowest BCUT2D eigenvalue weighted by Crippen LogP contribution is -2.23. The van der Waals surface area contributed by atoms with Gasteiger partial charge in [-0.2, -0.15) is 0 Å². The van der Waals surface area contributed by atoms with Crippen LogP contribution in [0.2, 0.25) is 0 Å². The second-order valence-corrected chi connectivity index (χ2v) is 8.53. The van der Waals surface area contributed by atoms with Crippen molar-refractivity contribution in [3.63, 3.8) is 0 Å². The summed E-state index contributed by atoms with van der Waals surface area (Å²) < 4.78 is 0. The Labute approximate surface area is 145 Å². The molecule has 4 heteroatoms. The van der Waals surface area contributed by atoms with Gasteiger partial charge in [0.15, 0.2) is 11.5 Å². The fourth-order valence-electron chi connectivity index (χ4n) is 2.80. The third-order valence-electron chi connectivity index (χ3n) is 4.54. The predicted octanol–water partition coefficient (Wildman–Crippen LogP) is 4.90. The maximum absolute atomic E-state index is 11.2. The van der Waals surface area contributed by atoms with Crippen LogP contribution in [0, 0.1) is 10.8 Å². The molecule has 0 saturated heterocycles.